The number of aromatic nitrogens is 3. The van der Waals surface area contributed by atoms with Gasteiger partial charge >= 0.3 is 24.3 Å². The summed E-state index contributed by atoms with van der Waals surface area (Å²) in [5, 5.41) is 23.6. The largest absolute Gasteiger partial charge is 0.490 e. The van der Waals surface area contributed by atoms with E-state index in [1.807, 2.05) is 18.3 Å². The fraction of sp³-hybridized carbons (Fsp3) is 0.259. The third kappa shape index (κ3) is 9.31. The van der Waals surface area contributed by atoms with Crippen molar-refractivity contribution < 1.29 is 46.1 Å². The Hall–Kier alpha value is -4.46. The van der Waals surface area contributed by atoms with Gasteiger partial charge in [-0.3, -0.25) is 9.67 Å². The van der Waals surface area contributed by atoms with Crippen molar-refractivity contribution in [3.63, 3.8) is 0 Å². The first kappa shape index (κ1) is 31.1. The van der Waals surface area contributed by atoms with E-state index in [4.69, 9.17) is 24.9 Å². The fourth-order valence-electron chi connectivity index (χ4n) is 3.84. The number of hydrogen-bond donors (Lipinski definition) is 3. The van der Waals surface area contributed by atoms with Crippen molar-refractivity contribution in [1.82, 2.24) is 20.1 Å². The van der Waals surface area contributed by atoms with Gasteiger partial charge in [0.25, 0.3) is 0 Å². The number of carboxylic acid groups (broad SMARTS) is 2. The highest BCUT2D eigenvalue weighted by atomic mass is 19.4. The molecule has 5 rings (SSSR count). The molecule has 0 radical (unpaired) electrons. The van der Waals surface area contributed by atoms with E-state index in [9.17, 15) is 26.3 Å². The number of halogens is 6. The van der Waals surface area contributed by atoms with E-state index in [-0.39, 0.29) is 0 Å². The van der Waals surface area contributed by atoms with E-state index in [0.29, 0.717) is 5.92 Å². The number of carboxylic acids is 2. The number of benzene rings is 2. The summed E-state index contributed by atoms with van der Waals surface area (Å²) >= 11 is 0. The summed E-state index contributed by atoms with van der Waals surface area (Å²) in [7, 11) is 0. The van der Waals surface area contributed by atoms with E-state index in [1.165, 1.54) is 12.0 Å². The highest BCUT2D eigenvalue weighted by Crippen LogP contribution is 2.27. The molecule has 2 aromatic carbocycles. The topological polar surface area (TPSA) is 117 Å². The van der Waals surface area contributed by atoms with Crippen molar-refractivity contribution in [1.29, 1.82) is 0 Å². The molecule has 1 fully saturated rings. The molecule has 1 unspecified atom stereocenters. The lowest BCUT2D eigenvalue weighted by Gasteiger charge is -2.08. The monoisotopic (exact) mass is 582 g/mol. The summed E-state index contributed by atoms with van der Waals surface area (Å²) in [6.07, 6.45) is -4.88. The van der Waals surface area contributed by atoms with Crippen LogP contribution < -0.4 is 5.32 Å². The first-order valence-electron chi connectivity index (χ1n) is 12.0. The second-order valence-electron chi connectivity index (χ2n) is 8.89. The summed E-state index contributed by atoms with van der Waals surface area (Å²) in [5.74, 6) is -4.83. The van der Waals surface area contributed by atoms with Gasteiger partial charge in [0, 0.05) is 35.5 Å². The van der Waals surface area contributed by atoms with E-state index >= 15 is 0 Å². The van der Waals surface area contributed by atoms with Crippen LogP contribution in [-0.4, -0.2) is 62.4 Å². The van der Waals surface area contributed by atoms with E-state index in [2.05, 4.69) is 69.7 Å². The molecule has 3 heterocycles. The molecule has 1 atom stereocenters. The lowest BCUT2D eigenvalue weighted by Crippen LogP contribution is -2.21. The van der Waals surface area contributed by atoms with Gasteiger partial charge in [-0.1, -0.05) is 36.4 Å². The standard InChI is InChI=1S/C23H22N4.2C2HF3O2/c1-2-7-22-19(4-1)13-21(15-25-22)18-5-3-6-20(12-18)23-9-11-27(26-23)16-17-8-10-24-14-17;2*3-2(4,5)1(6)7/h1-7,9,11-13,15,17,24H,8,10,14,16H2;2*(H,6,7). The molecule has 3 N–H and O–H groups in total. The number of para-hydroxylation sites is 1. The Labute approximate surface area is 229 Å². The average Bonchev–Trinajstić information content (AvgIpc) is 3.61. The Balaban J connectivity index is 0.000000276. The molecule has 4 aromatic rings. The summed E-state index contributed by atoms with van der Waals surface area (Å²) in [6.45, 7) is 3.21. The molecule has 2 aromatic heterocycles. The molecular weight excluding hydrogens is 558 g/mol. The van der Waals surface area contributed by atoms with Gasteiger partial charge in [0.1, 0.15) is 0 Å². The Morgan fingerprint density at radius 3 is 2.12 bits per heavy atom. The Kier molecular flexibility index (Phi) is 10.1. The molecule has 0 amide bonds. The van der Waals surface area contributed by atoms with Crippen LogP contribution >= 0.6 is 0 Å². The maximum atomic E-state index is 10.6. The van der Waals surface area contributed by atoms with E-state index in [1.54, 1.807) is 0 Å². The second kappa shape index (κ2) is 13.3. The average molecular weight is 583 g/mol. The number of hydrogen-bond acceptors (Lipinski definition) is 5. The third-order valence-corrected chi connectivity index (χ3v) is 5.82. The maximum Gasteiger partial charge on any atom is 0.490 e. The van der Waals surface area contributed by atoms with Gasteiger partial charge in [0.15, 0.2) is 0 Å². The summed E-state index contributed by atoms with van der Waals surface area (Å²) in [5.41, 5.74) is 5.49. The van der Waals surface area contributed by atoms with Gasteiger partial charge in [0.2, 0.25) is 0 Å². The molecule has 1 aliphatic rings. The second-order valence-corrected chi connectivity index (χ2v) is 8.89. The lowest BCUT2D eigenvalue weighted by atomic mass is 10.0. The number of pyridine rings is 1. The van der Waals surface area contributed by atoms with E-state index in [0.717, 1.165) is 47.4 Å². The molecular formula is C27H24F6N4O4. The van der Waals surface area contributed by atoms with Crippen molar-refractivity contribution in [2.45, 2.75) is 25.3 Å². The van der Waals surface area contributed by atoms with E-state index < -0.39 is 24.3 Å². The molecule has 0 spiro atoms. The Bertz CT molecular complexity index is 1460. The van der Waals surface area contributed by atoms with Crippen LogP contribution in [0, 0.1) is 5.92 Å². The molecule has 41 heavy (non-hydrogen) atoms. The molecule has 14 heteroatoms. The van der Waals surface area contributed by atoms with Crippen LogP contribution in [0.3, 0.4) is 0 Å². The normalized spacial score (nSPS) is 14.9. The molecule has 0 bridgehead atoms. The fourth-order valence-corrected chi connectivity index (χ4v) is 3.84. The van der Waals surface area contributed by atoms with Crippen molar-refractivity contribution in [2.75, 3.05) is 13.1 Å². The van der Waals surface area contributed by atoms with Gasteiger partial charge < -0.3 is 15.5 Å². The minimum absolute atomic E-state index is 0.688. The Morgan fingerprint density at radius 2 is 1.51 bits per heavy atom. The zero-order valence-corrected chi connectivity index (χ0v) is 21.2. The van der Waals surface area contributed by atoms with Crippen LogP contribution in [0.1, 0.15) is 6.42 Å². The van der Waals surface area contributed by atoms with Crippen LogP contribution in [-0.2, 0) is 16.1 Å². The maximum absolute atomic E-state index is 10.6. The van der Waals surface area contributed by atoms with Crippen molar-refractivity contribution in [3.8, 4) is 22.4 Å². The summed E-state index contributed by atoms with van der Waals surface area (Å²) < 4.78 is 65.6. The molecule has 8 nitrogen and oxygen atoms in total. The van der Waals surface area contributed by atoms with Crippen LogP contribution in [0.4, 0.5) is 26.3 Å². The van der Waals surface area contributed by atoms with Crippen LogP contribution in [0.5, 0.6) is 0 Å². The highest BCUT2D eigenvalue weighted by Gasteiger charge is 2.38. The molecule has 0 aliphatic carbocycles. The van der Waals surface area contributed by atoms with Crippen LogP contribution in [0.2, 0.25) is 0 Å². The summed E-state index contributed by atoms with van der Waals surface area (Å²) in [4.78, 5) is 22.4. The van der Waals surface area contributed by atoms with Gasteiger partial charge in [0.05, 0.1) is 11.2 Å². The first-order valence-corrected chi connectivity index (χ1v) is 12.0. The zero-order chi connectivity index (χ0) is 30.2. The predicted octanol–water partition coefficient (Wildman–Crippen LogP) is 5.64. The minimum atomic E-state index is -5.08. The number of nitrogens with zero attached hydrogens (tertiary/aromatic N) is 3. The number of rotatable bonds is 4. The number of carbonyl (C=O) groups is 2. The minimum Gasteiger partial charge on any atom is -0.475 e. The number of fused-ring (bicyclic) bond motifs is 1. The first-order chi connectivity index (χ1) is 19.2. The SMILES string of the molecule is O=C(O)C(F)(F)F.O=C(O)C(F)(F)F.c1cc(-c2cnc3ccccc3c2)cc(-c2ccn(CC3CCNC3)n2)c1. The molecule has 0 saturated carbocycles. The van der Waals surface area contributed by atoms with Gasteiger partial charge in [-0.05, 0) is 55.3 Å². The van der Waals surface area contributed by atoms with Gasteiger partial charge in [-0.2, -0.15) is 31.4 Å². The van der Waals surface area contributed by atoms with Crippen LogP contribution in [0.25, 0.3) is 33.3 Å². The lowest BCUT2D eigenvalue weighted by molar-refractivity contribution is -0.193. The van der Waals surface area contributed by atoms with Crippen molar-refractivity contribution in [3.05, 3.63) is 73.1 Å². The number of nitrogens with one attached hydrogen (secondary N) is 1. The predicted molar refractivity (Wildman–Crippen MR) is 137 cm³/mol. The van der Waals surface area contributed by atoms with Crippen molar-refractivity contribution >= 4 is 22.8 Å². The number of aliphatic carboxylic acids is 2. The van der Waals surface area contributed by atoms with Crippen molar-refractivity contribution in [2.24, 2.45) is 5.92 Å². The smallest absolute Gasteiger partial charge is 0.475 e. The van der Waals surface area contributed by atoms with Gasteiger partial charge in [-0.25, -0.2) is 9.59 Å². The van der Waals surface area contributed by atoms with Gasteiger partial charge in [-0.15, -0.1) is 0 Å². The Morgan fingerprint density at radius 1 is 0.878 bits per heavy atom. The quantitative estimate of drug-likeness (QED) is 0.267. The van der Waals surface area contributed by atoms with Crippen LogP contribution in [0.15, 0.2) is 73.1 Å². The molecule has 1 saturated heterocycles. The number of alkyl halides is 6. The molecule has 1 aliphatic heterocycles. The third-order valence-electron chi connectivity index (χ3n) is 5.82. The molecule has 218 valence electrons. The summed E-state index contributed by atoms with van der Waals surface area (Å²) in [6, 6.07) is 21.1. The zero-order valence-electron chi connectivity index (χ0n) is 21.2. The highest BCUT2D eigenvalue weighted by molar-refractivity contribution is 5.84.